The van der Waals surface area contributed by atoms with Crippen LogP contribution in [0.3, 0.4) is 0 Å². The highest BCUT2D eigenvalue weighted by Crippen LogP contribution is 2.19. The summed E-state index contributed by atoms with van der Waals surface area (Å²) in [5.74, 6) is -0.475. The topological polar surface area (TPSA) is 90.4 Å². The highest BCUT2D eigenvalue weighted by molar-refractivity contribution is 6.31. The van der Waals surface area contributed by atoms with Crippen LogP contribution in [-0.4, -0.2) is 30.7 Å². The van der Waals surface area contributed by atoms with Crippen molar-refractivity contribution in [1.29, 1.82) is 0 Å². The lowest BCUT2D eigenvalue weighted by atomic mass is 10.2. The lowest BCUT2D eigenvalue weighted by molar-refractivity contribution is -0.121. The van der Waals surface area contributed by atoms with E-state index in [4.69, 9.17) is 11.6 Å². The van der Waals surface area contributed by atoms with Gasteiger partial charge in [0.05, 0.1) is 17.4 Å². The third-order valence-corrected chi connectivity index (χ3v) is 6.65. The first kappa shape index (κ1) is 22.3. The van der Waals surface area contributed by atoms with Crippen LogP contribution in [0, 0.1) is 5.82 Å². The molecule has 176 valence electrons. The van der Waals surface area contributed by atoms with Gasteiger partial charge in [-0.1, -0.05) is 42.6 Å². The first-order valence-corrected chi connectivity index (χ1v) is 11.6. The van der Waals surface area contributed by atoms with Crippen molar-refractivity contribution in [3.63, 3.8) is 0 Å². The number of nitrogens with zero attached hydrogens (tertiary/aromatic N) is 4. The fourth-order valence-corrected chi connectivity index (χ4v) is 4.79. The fourth-order valence-electron chi connectivity index (χ4n) is 4.57. The van der Waals surface area contributed by atoms with Crippen LogP contribution in [0.1, 0.15) is 37.7 Å². The van der Waals surface area contributed by atoms with E-state index in [0.29, 0.717) is 16.5 Å². The molecule has 1 amide bonds. The number of aromatic nitrogens is 4. The van der Waals surface area contributed by atoms with Crippen LogP contribution >= 0.6 is 11.6 Å². The first-order chi connectivity index (χ1) is 16.4. The number of carbonyl (C=O) groups excluding carboxylic acids is 1. The van der Waals surface area contributed by atoms with E-state index in [1.54, 1.807) is 24.3 Å². The fraction of sp³-hybridized carbons (Fsp3) is 0.333. The van der Waals surface area contributed by atoms with Crippen molar-refractivity contribution in [3.05, 3.63) is 79.7 Å². The molecule has 2 aromatic heterocycles. The Kier molecular flexibility index (Phi) is 5.95. The standard InChI is InChI=1S/C24H23ClFN5O3/c25-19-13-16(26)10-9-15(19)14-30-24(34)31-20-8-4-3-7-18(20)22(33)29(23(31)28-30)12-11-21(32)27-17-5-1-2-6-17/h3-4,7-10,13,17H,1-2,5-6,11-12,14H2,(H,27,32). The number of hydrogen-bond acceptors (Lipinski definition) is 4. The van der Waals surface area contributed by atoms with Gasteiger partial charge in [-0.05, 0) is 42.7 Å². The van der Waals surface area contributed by atoms with Gasteiger partial charge < -0.3 is 5.32 Å². The van der Waals surface area contributed by atoms with Crippen LogP contribution < -0.4 is 16.6 Å². The monoisotopic (exact) mass is 483 g/mol. The molecule has 2 heterocycles. The molecule has 1 fully saturated rings. The van der Waals surface area contributed by atoms with Crippen molar-refractivity contribution in [1.82, 2.24) is 24.1 Å². The summed E-state index contributed by atoms with van der Waals surface area (Å²) in [6.45, 7) is 0.0871. The second-order valence-corrected chi connectivity index (χ2v) is 8.99. The lowest BCUT2D eigenvalue weighted by Crippen LogP contribution is -2.34. The maximum absolute atomic E-state index is 13.4. The van der Waals surface area contributed by atoms with Crippen molar-refractivity contribution < 1.29 is 9.18 Å². The van der Waals surface area contributed by atoms with E-state index >= 15 is 0 Å². The van der Waals surface area contributed by atoms with Crippen molar-refractivity contribution in [2.24, 2.45) is 0 Å². The molecule has 2 aromatic carbocycles. The van der Waals surface area contributed by atoms with Crippen LogP contribution in [0.5, 0.6) is 0 Å². The number of rotatable bonds is 6. The summed E-state index contributed by atoms with van der Waals surface area (Å²) in [5.41, 5.74) is 0.155. The van der Waals surface area contributed by atoms with Gasteiger partial charge in [0.15, 0.2) is 0 Å². The molecule has 1 N–H and O–H groups in total. The zero-order chi connectivity index (χ0) is 23.8. The quantitative estimate of drug-likeness (QED) is 0.456. The summed E-state index contributed by atoms with van der Waals surface area (Å²) in [6.07, 6.45) is 4.24. The molecule has 4 aromatic rings. The zero-order valence-corrected chi connectivity index (χ0v) is 19.1. The van der Waals surface area contributed by atoms with E-state index in [2.05, 4.69) is 10.4 Å². The second-order valence-electron chi connectivity index (χ2n) is 8.58. The largest absolute Gasteiger partial charge is 0.353 e. The normalized spacial score (nSPS) is 14.3. The maximum Gasteiger partial charge on any atom is 0.352 e. The van der Waals surface area contributed by atoms with E-state index in [-0.39, 0.29) is 47.8 Å². The van der Waals surface area contributed by atoms with Gasteiger partial charge in [0.25, 0.3) is 5.56 Å². The molecule has 5 rings (SSSR count). The Morgan fingerprint density at radius 2 is 1.91 bits per heavy atom. The summed E-state index contributed by atoms with van der Waals surface area (Å²) in [4.78, 5) is 39.1. The maximum atomic E-state index is 13.4. The van der Waals surface area contributed by atoms with Gasteiger partial charge in [-0.25, -0.2) is 18.3 Å². The molecule has 0 saturated heterocycles. The number of benzene rings is 2. The number of halogens is 2. The molecule has 0 spiro atoms. The summed E-state index contributed by atoms with van der Waals surface area (Å²) in [6, 6.07) is 10.9. The Hall–Kier alpha value is -3.46. The van der Waals surface area contributed by atoms with Crippen LogP contribution in [0.15, 0.2) is 52.1 Å². The molecular weight excluding hydrogens is 461 g/mol. The summed E-state index contributed by atoms with van der Waals surface area (Å²) >= 11 is 6.15. The molecule has 0 aliphatic heterocycles. The van der Waals surface area contributed by atoms with Gasteiger partial charge in [-0.15, -0.1) is 5.10 Å². The number of nitrogens with one attached hydrogen (secondary N) is 1. The molecule has 10 heteroatoms. The van der Waals surface area contributed by atoms with E-state index in [0.717, 1.165) is 25.7 Å². The molecule has 0 unspecified atom stereocenters. The van der Waals surface area contributed by atoms with Gasteiger partial charge in [0.2, 0.25) is 11.7 Å². The molecular formula is C24H23ClFN5O3. The predicted molar refractivity (Wildman–Crippen MR) is 127 cm³/mol. The molecule has 1 aliphatic carbocycles. The van der Waals surface area contributed by atoms with Gasteiger partial charge in [0, 0.05) is 24.0 Å². The molecule has 34 heavy (non-hydrogen) atoms. The number of aryl methyl sites for hydroxylation is 1. The summed E-state index contributed by atoms with van der Waals surface area (Å²) in [5, 5.41) is 7.96. The first-order valence-electron chi connectivity index (χ1n) is 11.3. The van der Waals surface area contributed by atoms with Gasteiger partial charge in [0.1, 0.15) is 5.82 Å². The van der Waals surface area contributed by atoms with Crippen LogP contribution in [0.25, 0.3) is 16.7 Å². The Balaban J connectivity index is 1.56. The average molecular weight is 484 g/mol. The highest BCUT2D eigenvalue weighted by atomic mass is 35.5. The van der Waals surface area contributed by atoms with E-state index in [1.807, 2.05) is 0 Å². The van der Waals surface area contributed by atoms with Gasteiger partial charge >= 0.3 is 5.69 Å². The lowest BCUT2D eigenvalue weighted by Gasteiger charge is -2.13. The van der Waals surface area contributed by atoms with Gasteiger partial charge in [-0.3, -0.25) is 14.2 Å². The SMILES string of the molecule is O=C(CCn1c(=O)c2ccccc2n2c(=O)n(Cc3ccc(F)cc3Cl)nc12)NC1CCCC1. The number of hydrogen-bond donors (Lipinski definition) is 1. The third-order valence-electron chi connectivity index (χ3n) is 6.30. The van der Waals surface area contributed by atoms with E-state index in [1.165, 1.54) is 31.8 Å². The minimum absolute atomic E-state index is 0.00428. The predicted octanol–water partition coefficient (Wildman–Crippen LogP) is 3.10. The number of fused-ring (bicyclic) bond motifs is 3. The van der Waals surface area contributed by atoms with Crippen LogP contribution in [-0.2, 0) is 17.9 Å². The van der Waals surface area contributed by atoms with Crippen molar-refractivity contribution in [2.45, 2.75) is 51.2 Å². The second kappa shape index (κ2) is 9.06. The molecule has 0 bridgehead atoms. The molecule has 1 aliphatic rings. The molecule has 0 radical (unpaired) electrons. The van der Waals surface area contributed by atoms with E-state index < -0.39 is 11.5 Å². The van der Waals surface area contributed by atoms with Crippen molar-refractivity contribution in [2.75, 3.05) is 0 Å². The Labute approximate surface area is 198 Å². The number of para-hydroxylation sites is 1. The molecule has 1 saturated carbocycles. The van der Waals surface area contributed by atoms with Crippen LogP contribution in [0.4, 0.5) is 4.39 Å². The number of carbonyl (C=O) groups is 1. The molecule has 8 nitrogen and oxygen atoms in total. The zero-order valence-electron chi connectivity index (χ0n) is 18.3. The molecule has 0 atom stereocenters. The number of amides is 1. The minimum atomic E-state index is -0.480. The van der Waals surface area contributed by atoms with Gasteiger partial charge in [-0.2, -0.15) is 0 Å². The smallest absolute Gasteiger partial charge is 0.352 e. The Morgan fingerprint density at radius 3 is 2.68 bits per heavy atom. The van der Waals surface area contributed by atoms with Crippen molar-refractivity contribution >= 4 is 34.2 Å². The Morgan fingerprint density at radius 1 is 1.15 bits per heavy atom. The minimum Gasteiger partial charge on any atom is -0.353 e. The average Bonchev–Trinajstić information content (AvgIpc) is 3.43. The summed E-state index contributed by atoms with van der Waals surface area (Å²) in [7, 11) is 0. The third kappa shape index (κ3) is 4.11. The van der Waals surface area contributed by atoms with Crippen LogP contribution in [0.2, 0.25) is 5.02 Å². The Bertz CT molecular complexity index is 1520. The van der Waals surface area contributed by atoms with Crippen molar-refractivity contribution in [3.8, 4) is 0 Å². The van der Waals surface area contributed by atoms with E-state index in [9.17, 15) is 18.8 Å². The highest BCUT2D eigenvalue weighted by Gasteiger charge is 2.20. The summed E-state index contributed by atoms with van der Waals surface area (Å²) < 4.78 is 17.4.